The van der Waals surface area contributed by atoms with Gasteiger partial charge in [-0.25, -0.2) is 0 Å². The molecule has 0 aromatic heterocycles. The number of Topliss-reactive ketones (excluding diaryl/α,β-unsaturated/α-hetero) is 1. The Morgan fingerprint density at radius 2 is 1.74 bits per heavy atom. The number of carboxylic acids is 1. The lowest BCUT2D eigenvalue weighted by Crippen LogP contribution is -2.31. The maximum atomic E-state index is 12.7. The summed E-state index contributed by atoms with van der Waals surface area (Å²) < 4.78 is 5.02. The Kier molecular flexibility index (Phi) is 4.94. The maximum Gasteiger partial charge on any atom is 0.294 e. The van der Waals surface area contributed by atoms with Gasteiger partial charge in [-0.3, -0.25) is 14.5 Å². The van der Waals surface area contributed by atoms with Crippen LogP contribution >= 0.6 is 0 Å². The Morgan fingerprint density at radius 3 is 2.30 bits per heavy atom. The summed E-state index contributed by atoms with van der Waals surface area (Å²) in [6.07, 6.45) is 0. The largest absolute Gasteiger partial charge is 0.546 e. The van der Waals surface area contributed by atoms with E-state index in [0.717, 1.165) is 0 Å². The predicted octanol–water partition coefficient (Wildman–Crippen LogP) is 1.30. The van der Waals surface area contributed by atoms with E-state index in [1.54, 1.807) is 36.4 Å². The van der Waals surface area contributed by atoms with Crippen LogP contribution in [0.1, 0.15) is 18.5 Å². The quantitative estimate of drug-likeness (QED) is 0.826. The van der Waals surface area contributed by atoms with Crippen molar-refractivity contribution in [1.29, 1.82) is 0 Å². The van der Waals surface area contributed by atoms with E-state index in [9.17, 15) is 24.6 Å². The second-order valence-electron chi connectivity index (χ2n) is 5.96. The number of aliphatic hydroxyl groups excluding tert-OH is 1. The summed E-state index contributed by atoms with van der Waals surface area (Å²) in [5, 5.41) is 20.7. The lowest BCUT2D eigenvalue weighted by Gasteiger charge is -2.26. The molecule has 1 atom stereocenters. The zero-order chi connectivity index (χ0) is 19.6. The highest BCUT2D eigenvalue weighted by Gasteiger charge is 2.43. The topological polar surface area (TPSA) is 107 Å². The van der Waals surface area contributed by atoms with Crippen molar-refractivity contribution in [3.05, 3.63) is 71.5 Å². The van der Waals surface area contributed by atoms with E-state index in [1.165, 1.54) is 24.0 Å². The molecule has 0 radical (unpaired) electrons. The molecule has 27 heavy (non-hydrogen) atoms. The monoisotopic (exact) mass is 366 g/mol. The Bertz CT molecular complexity index is 917. The predicted molar refractivity (Wildman–Crippen MR) is 93.9 cm³/mol. The summed E-state index contributed by atoms with van der Waals surface area (Å²) in [5.74, 6) is -2.72. The van der Waals surface area contributed by atoms with Crippen LogP contribution in [0.5, 0.6) is 5.75 Å². The number of aliphatic carboxylic acids is 1. The van der Waals surface area contributed by atoms with Crippen LogP contribution in [-0.4, -0.2) is 29.4 Å². The van der Waals surface area contributed by atoms with Crippen LogP contribution in [-0.2, 0) is 14.4 Å². The molecule has 0 saturated heterocycles. The molecule has 0 bridgehead atoms. The van der Waals surface area contributed by atoms with Gasteiger partial charge in [0, 0.05) is 5.69 Å². The van der Waals surface area contributed by atoms with Crippen LogP contribution in [0.15, 0.2) is 65.9 Å². The molecular formula is C20H16NO6-. The second-order valence-corrected chi connectivity index (χ2v) is 5.96. The molecule has 1 amide bonds. The minimum Gasteiger partial charge on any atom is -0.546 e. The average Bonchev–Trinajstić information content (AvgIpc) is 2.92. The van der Waals surface area contributed by atoms with Gasteiger partial charge >= 0.3 is 0 Å². The van der Waals surface area contributed by atoms with Crippen LogP contribution in [0, 0.1) is 0 Å². The van der Waals surface area contributed by atoms with Gasteiger partial charge in [-0.05, 0) is 36.8 Å². The van der Waals surface area contributed by atoms with Gasteiger partial charge < -0.3 is 19.7 Å². The highest BCUT2D eigenvalue weighted by atomic mass is 16.5. The molecule has 1 aliphatic heterocycles. The summed E-state index contributed by atoms with van der Waals surface area (Å²) in [7, 11) is 0. The minimum atomic E-state index is -1.35. The summed E-state index contributed by atoms with van der Waals surface area (Å²) in [5.41, 5.74) is 1.14. The van der Waals surface area contributed by atoms with Gasteiger partial charge in [-0.1, -0.05) is 30.3 Å². The standard InChI is InChI=1S/C20H17NO6/c1-12(22)17-18(13-5-3-2-4-6-13)21(20(26)19(17)25)14-7-9-15(10-8-14)27-11-16(23)24/h2-10,18,25H,11H2,1H3,(H,23,24)/p-1/t18-/m0/s1. The Morgan fingerprint density at radius 1 is 1.11 bits per heavy atom. The number of aliphatic hydroxyl groups is 1. The highest BCUT2D eigenvalue weighted by Crippen LogP contribution is 2.41. The zero-order valence-corrected chi connectivity index (χ0v) is 14.4. The number of rotatable bonds is 6. The summed E-state index contributed by atoms with van der Waals surface area (Å²) in [4.78, 5) is 36.5. The van der Waals surface area contributed by atoms with E-state index >= 15 is 0 Å². The highest BCUT2D eigenvalue weighted by molar-refractivity contribution is 6.16. The molecule has 0 unspecified atom stereocenters. The number of carbonyl (C=O) groups excluding carboxylic acids is 3. The van der Waals surface area contributed by atoms with Crippen LogP contribution in [0.2, 0.25) is 0 Å². The Balaban J connectivity index is 1.99. The van der Waals surface area contributed by atoms with Crippen LogP contribution in [0.4, 0.5) is 5.69 Å². The van der Waals surface area contributed by atoms with Gasteiger partial charge in [-0.15, -0.1) is 0 Å². The number of ether oxygens (including phenoxy) is 1. The molecule has 1 N–H and O–H groups in total. The normalized spacial score (nSPS) is 16.6. The van der Waals surface area contributed by atoms with E-state index < -0.39 is 36.1 Å². The smallest absolute Gasteiger partial charge is 0.294 e. The number of ketones is 1. The third-order valence-electron chi connectivity index (χ3n) is 4.17. The Hall–Kier alpha value is -3.61. The van der Waals surface area contributed by atoms with Crippen molar-refractivity contribution in [1.82, 2.24) is 0 Å². The number of hydrogen-bond donors (Lipinski definition) is 1. The van der Waals surface area contributed by atoms with E-state index in [-0.39, 0.29) is 11.3 Å². The fourth-order valence-electron chi connectivity index (χ4n) is 3.03. The third kappa shape index (κ3) is 3.52. The summed E-state index contributed by atoms with van der Waals surface area (Å²) in [6.45, 7) is 0.709. The fraction of sp³-hybridized carbons (Fsp3) is 0.150. The first-order valence-corrected chi connectivity index (χ1v) is 8.15. The van der Waals surface area contributed by atoms with E-state index in [1.807, 2.05) is 6.07 Å². The second kappa shape index (κ2) is 7.33. The zero-order valence-electron chi connectivity index (χ0n) is 14.4. The van der Waals surface area contributed by atoms with Gasteiger partial charge in [0.05, 0.1) is 17.6 Å². The molecule has 0 spiro atoms. The van der Waals surface area contributed by atoms with Crippen molar-refractivity contribution in [2.24, 2.45) is 0 Å². The third-order valence-corrected chi connectivity index (χ3v) is 4.17. The molecule has 138 valence electrons. The number of nitrogens with zero attached hydrogens (tertiary/aromatic N) is 1. The first kappa shape index (κ1) is 18.2. The molecule has 1 aliphatic rings. The lowest BCUT2D eigenvalue weighted by atomic mass is 9.96. The Labute approximate surface area is 155 Å². The molecule has 2 aromatic rings. The molecule has 0 aliphatic carbocycles. The van der Waals surface area contributed by atoms with Crippen molar-refractivity contribution < 1.29 is 29.3 Å². The fourth-order valence-corrected chi connectivity index (χ4v) is 3.03. The summed E-state index contributed by atoms with van der Waals surface area (Å²) >= 11 is 0. The number of amides is 1. The minimum absolute atomic E-state index is 0.0310. The van der Waals surface area contributed by atoms with Crippen molar-refractivity contribution in [3.8, 4) is 5.75 Å². The average molecular weight is 366 g/mol. The van der Waals surface area contributed by atoms with E-state index in [0.29, 0.717) is 11.3 Å². The maximum absolute atomic E-state index is 12.7. The van der Waals surface area contributed by atoms with Crippen molar-refractivity contribution >= 4 is 23.3 Å². The molecule has 1 heterocycles. The van der Waals surface area contributed by atoms with Gasteiger partial charge in [-0.2, -0.15) is 0 Å². The number of anilines is 1. The number of hydrogen-bond acceptors (Lipinski definition) is 6. The molecule has 7 heteroatoms. The van der Waals surface area contributed by atoms with Crippen molar-refractivity contribution in [2.45, 2.75) is 13.0 Å². The first-order valence-electron chi connectivity index (χ1n) is 8.15. The van der Waals surface area contributed by atoms with E-state index in [2.05, 4.69) is 0 Å². The molecular weight excluding hydrogens is 350 g/mol. The SMILES string of the molecule is CC(=O)C1=C(O)C(=O)N(c2ccc(OCC(=O)[O-])cc2)[C@H]1c1ccccc1. The van der Waals surface area contributed by atoms with Gasteiger partial charge in [0.25, 0.3) is 5.91 Å². The number of carboxylic acid groups (broad SMARTS) is 1. The van der Waals surface area contributed by atoms with Crippen LogP contribution in [0.25, 0.3) is 0 Å². The van der Waals surface area contributed by atoms with Crippen LogP contribution < -0.4 is 14.7 Å². The van der Waals surface area contributed by atoms with Crippen molar-refractivity contribution in [2.75, 3.05) is 11.5 Å². The van der Waals surface area contributed by atoms with Crippen molar-refractivity contribution in [3.63, 3.8) is 0 Å². The summed E-state index contributed by atoms with van der Waals surface area (Å²) in [6, 6.07) is 14.2. The first-order chi connectivity index (χ1) is 12.9. The molecule has 2 aromatic carbocycles. The van der Waals surface area contributed by atoms with Gasteiger partial charge in [0.15, 0.2) is 11.5 Å². The molecule has 0 fully saturated rings. The lowest BCUT2D eigenvalue weighted by molar-refractivity contribution is -0.307. The molecule has 3 rings (SSSR count). The van der Waals surface area contributed by atoms with Crippen LogP contribution in [0.3, 0.4) is 0 Å². The number of carbonyl (C=O) groups is 3. The molecule has 0 saturated carbocycles. The van der Waals surface area contributed by atoms with Gasteiger partial charge in [0.2, 0.25) is 0 Å². The van der Waals surface area contributed by atoms with Gasteiger partial charge in [0.1, 0.15) is 12.4 Å². The number of benzene rings is 2. The van der Waals surface area contributed by atoms with E-state index in [4.69, 9.17) is 4.74 Å². The molecule has 7 nitrogen and oxygen atoms in total.